The van der Waals surface area contributed by atoms with Gasteiger partial charge in [0.1, 0.15) is 0 Å². The van der Waals surface area contributed by atoms with Gasteiger partial charge in [0.15, 0.2) is 5.76 Å². The number of amides is 1. The second-order valence-electron chi connectivity index (χ2n) is 6.51. The van der Waals surface area contributed by atoms with Crippen molar-refractivity contribution in [3.63, 3.8) is 0 Å². The third kappa shape index (κ3) is 2.80. The molecule has 0 aliphatic carbocycles. The Morgan fingerprint density at radius 3 is 2.46 bits per heavy atom. The lowest BCUT2D eigenvalue weighted by atomic mass is 9.96. The van der Waals surface area contributed by atoms with Crippen molar-refractivity contribution in [3.05, 3.63) is 89.7 Å². The molecule has 0 unspecified atom stereocenters. The number of carbonyl (C=O) groups is 1. The van der Waals surface area contributed by atoms with Gasteiger partial charge in [0, 0.05) is 38.0 Å². The second-order valence-corrected chi connectivity index (χ2v) is 6.51. The van der Waals surface area contributed by atoms with E-state index in [2.05, 4.69) is 28.8 Å². The van der Waals surface area contributed by atoms with Gasteiger partial charge in [0.2, 0.25) is 0 Å². The molecule has 0 bridgehead atoms. The number of allylic oxidation sites excluding steroid dienone is 1. The first-order valence-corrected chi connectivity index (χ1v) is 8.59. The van der Waals surface area contributed by atoms with Crippen LogP contribution in [0.15, 0.2) is 72.9 Å². The van der Waals surface area contributed by atoms with Crippen LogP contribution < -0.4 is 0 Å². The predicted molar refractivity (Wildman–Crippen MR) is 103 cm³/mol. The molecule has 2 heterocycles. The van der Waals surface area contributed by atoms with Crippen molar-refractivity contribution >= 4 is 17.4 Å². The zero-order valence-corrected chi connectivity index (χ0v) is 14.8. The molecule has 1 aromatic heterocycles. The van der Waals surface area contributed by atoms with Gasteiger partial charge < -0.3 is 14.2 Å². The van der Waals surface area contributed by atoms with Gasteiger partial charge in [-0.3, -0.25) is 0 Å². The Morgan fingerprint density at radius 2 is 1.69 bits per heavy atom. The highest BCUT2D eigenvalue weighted by Gasteiger charge is 2.25. The number of rotatable bonds is 2. The first kappa shape index (κ1) is 16.2. The zero-order valence-electron chi connectivity index (χ0n) is 14.8. The van der Waals surface area contributed by atoms with E-state index < -0.39 is 0 Å². The molecule has 26 heavy (non-hydrogen) atoms. The average molecular weight is 344 g/mol. The molecule has 0 atom stereocenters. The minimum Gasteiger partial charge on any atom is -0.408 e. The van der Waals surface area contributed by atoms with Gasteiger partial charge in [-0.15, -0.1) is 0 Å². The molecule has 1 aliphatic rings. The molecule has 130 valence electrons. The first-order chi connectivity index (χ1) is 12.6. The molecule has 0 radical (unpaired) electrons. The molecule has 1 aliphatic heterocycles. The normalized spacial score (nSPS) is 12.8. The third-order valence-electron chi connectivity index (χ3n) is 4.55. The van der Waals surface area contributed by atoms with E-state index in [1.54, 1.807) is 14.1 Å². The topological polar surface area (TPSA) is 34.5 Å². The molecular weight excluding hydrogens is 324 g/mol. The first-order valence-electron chi connectivity index (χ1n) is 8.59. The zero-order chi connectivity index (χ0) is 18.1. The molecule has 0 saturated carbocycles. The van der Waals surface area contributed by atoms with E-state index in [0.29, 0.717) is 12.2 Å². The van der Waals surface area contributed by atoms with Crippen LogP contribution in [0.25, 0.3) is 17.0 Å². The molecule has 4 heteroatoms. The van der Waals surface area contributed by atoms with Gasteiger partial charge in [-0.05, 0) is 29.3 Å². The smallest absolute Gasteiger partial charge is 0.408 e. The van der Waals surface area contributed by atoms with Gasteiger partial charge in [-0.1, -0.05) is 48.5 Å². The Hall–Kier alpha value is -3.27. The summed E-state index contributed by atoms with van der Waals surface area (Å²) >= 11 is 0. The van der Waals surface area contributed by atoms with E-state index in [1.165, 1.54) is 10.5 Å². The molecule has 3 aromatic rings. The number of hydrogen-bond acceptors (Lipinski definition) is 2. The molecule has 0 saturated heterocycles. The van der Waals surface area contributed by atoms with Crippen molar-refractivity contribution in [2.45, 2.75) is 6.42 Å². The summed E-state index contributed by atoms with van der Waals surface area (Å²) in [5.74, 6) is 0.608. The minimum absolute atomic E-state index is 0.382. The van der Waals surface area contributed by atoms with Crippen LogP contribution in [0.2, 0.25) is 0 Å². The number of fused-ring (bicyclic) bond motifs is 3. The summed E-state index contributed by atoms with van der Waals surface area (Å²) < 4.78 is 7.95. The monoisotopic (exact) mass is 344 g/mol. The number of carbonyl (C=O) groups excluding carboxylic acids is 1. The highest BCUT2D eigenvalue weighted by Crippen LogP contribution is 2.37. The van der Waals surface area contributed by atoms with Crippen molar-refractivity contribution < 1.29 is 9.53 Å². The van der Waals surface area contributed by atoms with Crippen LogP contribution in [0.5, 0.6) is 0 Å². The van der Waals surface area contributed by atoms with Crippen LogP contribution in [0.4, 0.5) is 4.79 Å². The summed E-state index contributed by atoms with van der Waals surface area (Å²) in [5.41, 5.74) is 5.24. The van der Waals surface area contributed by atoms with Crippen molar-refractivity contribution in [2.75, 3.05) is 14.1 Å². The van der Waals surface area contributed by atoms with E-state index in [-0.39, 0.29) is 6.09 Å². The number of para-hydroxylation sites is 1. The van der Waals surface area contributed by atoms with Crippen LogP contribution >= 0.6 is 0 Å². The van der Waals surface area contributed by atoms with Gasteiger partial charge >= 0.3 is 6.09 Å². The highest BCUT2D eigenvalue weighted by molar-refractivity contribution is 5.93. The molecule has 4 nitrogen and oxygen atoms in total. The molecule has 0 spiro atoms. The quantitative estimate of drug-likeness (QED) is 0.681. The molecular formula is C22H20N2O2. The lowest BCUT2D eigenvalue weighted by Crippen LogP contribution is -2.23. The Morgan fingerprint density at radius 1 is 0.962 bits per heavy atom. The third-order valence-corrected chi connectivity index (χ3v) is 4.55. The molecule has 2 aromatic carbocycles. The van der Waals surface area contributed by atoms with Gasteiger partial charge in [-0.2, -0.15) is 0 Å². The van der Waals surface area contributed by atoms with Crippen LogP contribution in [0.3, 0.4) is 0 Å². The van der Waals surface area contributed by atoms with Crippen molar-refractivity contribution in [1.29, 1.82) is 0 Å². The van der Waals surface area contributed by atoms with E-state index in [1.807, 2.05) is 48.7 Å². The number of nitrogens with zero attached hydrogens (tertiary/aromatic N) is 2. The van der Waals surface area contributed by atoms with Gasteiger partial charge in [0.05, 0.1) is 5.69 Å². The largest absolute Gasteiger partial charge is 0.414 e. The van der Waals surface area contributed by atoms with Crippen LogP contribution in [-0.4, -0.2) is 29.7 Å². The van der Waals surface area contributed by atoms with Gasteiger partial charge in [-0.25, -0.2) is 4.79 Å². The fourth-order valence-electron chi connectivity index (χ4n) is 3.26. The Kier molecular flexibility index (Phi) is 4.09. The lowest BCUT2D eigenvalue weighted by Gasteiger charge is -2.17. The summed E-state index contributed by atoms with van der Waals surface area (Å²) in [5, 5.41) is 0. The summed E-state index contributed by atoms with van der Waals surface area (Å²) in [6, 6.07) is 22.4. The SMILES string of the molecule is CN(C)C(=O)OC1=C(c2ccccc2)Cc2ccccc2-n2cccc21. The van der Waals surface area contributed by atoms with Crippen LogP contribution in [-0.2, 0) is 11.2 Å². The summed E-state index contributed by atoms with van der Waals surface area (Å²) in [7, 11) is 3.38. The Labute approximate surface area is 152 Å². The number of hydrogen-bond donors (Lipinski definition) is 0. The van der Waals surface area contributed by atoms with Crippen molar-refractivity contribution in [3.8, 4) is 5.69 Å². The summed E-state index contributed by atoms with van der Waals surface area (Å²) in [4.78, 5) is 13.8. The second kappa shape index (κ2) is 6.56. The minimum atomic E-state index is -0.382. The lowest BCUT2D eigenvalue weighted by molar-refractivity contribution is 0.162. The Balaban J connectivity index is 1.97. The molecule has 1 amide bonds. The molecule has 4 rings (SSSR count). The summed E-state index contributed by atoms with van der Waals surface area (Å²) in [6.45, 7) is 0. The van der Waals surface area contributed by atoms with Crippen molar-refractivity contribution in [2.24, 2.45) is 0 Å². The molecule has 0 N–H and O–H groups in total. The van der Waals surface area contributed by atoms with E-state index >= 15 is 0 Å². The Bertz CT molecular complexity index is 984. The summed E-state index contributed by atoms with van der Waals surface area (Å²) in [6.07, 6.45) is 2.32. The van der Waals surface area contributed by atoms with Crippen LogP contribution in [0.1, 0.15) is 16.8 Å². The van der Waals surface area contributed by atoms with Gasteiger partial charge in [0.25, 0.3) is 0 Å². The standard InChI is InChI=1S/C22H20N2O2/c1-23(2)22(25)26-21-18(16-9-4-3-5-10-16)15-17-11-6-7-12-19(17)24-14-8-13-20(21)24/h3-14H,15H2,1-2H3. The molecule has 0 fully saturated rings. The number of benzene rings is 2. The fourth-order valence-corrected chi connectivity index (χ4v) is 3.26. The maximum Gasteiger partial charge on any atom is 0.414 e. The maximum atomic E-state index is 12.4. The maximum absolute atomic E-state index is 12.4. The fraction of sp³-hybridized carbons (Fsp3) is 0.136. The predicted octanol–water partition coefficient (Wildman–Crippen LogP) is 4.60. The van der Waals surface area contributed by atoms with Crippen molar-refractivity contribution in [1.82, 2.24) is 9.47 Å². The highest BCUT2D eigenvalue weighted by atomic mass is 16.6. The van der Waals surface area contributed by atoms with E-state index in [4.69, 9.17) is 4.74 Å². The average Bonchev–Trinajstić information content (AvgIpc) is 3.10. The van der Waals surface area contributed by atoms with E-state index in [0.717, 1.165) is 22.5 Å². The number of ether oxygens (including phenoxy) is 1. The number of aromatic nitrogens is 1. The van der Waals surface area contributed by atoms with Crippen LogP contribution in [0, 0.1) is 0 Å². The van der Waals surface area contributed by atoms with E-state index in [9.17, 15) is 4.79 Å².